The SMILES string of the molecule is COc1cccnc1NC(=O)c1cn(C)c2c(C)cn(C)c(=O)c12. The number of carbonyl (C=O) groups excluding carboxylic acids is 1. The van der Waals surface area contributed by atoms with Crippen LogP contribution in [0.5, 0.6) is 5.75 Å². The predicted octanol–water partition coefficient (Wildman–Crippen LogP) is 1.84. The minimum Gasteiger partial charge on any atom is -0.493 e. The van der Waals surface area contributed by atoms with Gasteiger partial charge in [-0.3, -0.25) is 9.59 Å². The first-order valence-corrected chi connectivity index (χ1v) is 7.39. The molecule has 3 rings (SSSR count). The van der Waals surface area contributed by atoms with Crippen LogP contribution in [0.25, 0.3) is 10.9 Å². The molecule has 0 aromatic carbocycles. The fourth-order valence-electron chi connectivity index (χ4n) is 2.90. The molecule has 0 unspecified atom stereocenters. The molecule has 124 valence electrons. The number of aryl methyl sites for hydroxylation is 3. The Morgan fingerprint density at radius 2 is 2.00 bits per heavy atom. The van der Waals surface area contributed by atoms with Gasteiger partial charge < -0.3 is 19.2 Å². The highest BCUT2D eigenvalue weighted by molar-refractivity contribution is 6.13. The van der Waals surface area contributed by atoms with Crippen LogP contribution in [0.1, 0.15) is 15.9 Å². The highest BCUT2D eigenvalue weighted by Gasteiger charge is 2.20. The van der Waals surface area contributed by atoms with E-state index in [2.05, 4.69) is 10.3 Å². The van der Waals surface area contributed by atoms with E-state index in [9.17, 15) is 9.59 Å². The Bertz CT molecular complexity index is 1000. The summed E-state index contributed by atoms with van der Waals surface area (Å²) in [6.07, 6.45) is 4.97. The second-order valence-corrected chi connectivity index (χ2v) is 5.61. The quantitative estimate of drug-likeness (QED) is 0.796. The van der Waals surface area contributed by atoms with E-state index < -0.39 is 5.91 Å². The van der Waals surface area contributed by atoms with Gasteiger partial charge in [-0.25, -0.2) is 4.98 Å². The van der Waals surface area contributed by atoms with Gasteiger partial charge in [-0.1, -0.05) is 0 Å². The lowest BCUT2D eigenvalue weighted by Gasteiger charge is -2.08. The van der Waals surface area contributed by atoms with Gasteiger partial charge in [0.2, 0.25) is 0 Å². The molecule has 24 heavy (non-hydrogen) atoms. The van der Waals surface area contributed by atoms with Crippen LogP contribution in [-0.4, -0.2) is 27.1 Å². The molecule has 0 aliphatic heterocycles. The zero-order chi connectivity index (χ0) is 17.4. The summed E-state index contributed by atoms with van der Waals surface area (Å²) in [4.78, 5) is 29.4. The number of amides is 1. The Hall–Kier alpha value is -3.09. The molecule has 3 aromatic rings. The second-order valence-electron chi connectivity index (χ2n) is 5.61. The number of fused-ring (bicyclic) bond motifs is 1. The number of carbonyl (C=O) groups is 1. The van der Waals surface area contributed by atoms with Crippen molar-refractivity contribution in [3.8, 4) is 5.75 Å². The summed E-state index contributed by atoms with van der Waals surface area (Å²) in [6.45, 7) is 1.91. The van der Waals surface area contributed by atoms with Gasteiger partial charge in [0.1, 0.15) is 0 Å². The van der Waals surface area contributed by atoms with Crippen LogP contribution in [-0.2, 0) is 14.1 Å². The average Bonchev–Trinajstić information content (AvgIpc) is 2.91. The maximum absolute atomic E-state index is 12.7. The van der Waals surface area contributed by atoms with Crippen molar-refractivity contribution in [2.24, 2.45) is 14.1 Å². The number of methoxy groups -OCH3 is 1. The highest BCUT2D eigenvalue weighted by atomic mass is 16.5. The van der Waals surface area contributed by atoms with E-state index in [4.69, 9.17) is 4.74 Å². The lowest BCUT2D eigenvalue weighted by molar-refractivity contribution is 0.102. The topological polar surface area (TPSA) is 78.2 Å². The minimum atomic E-state index is -0.403. The fourth-order valence-corrected chi connectivity index (χ4v) is 2.90. The Balaban J connectivity index is 2.13. The molecule has 0 aliphatic carbocycles. The molecule has 0 atom stereocenters. The molecule has 0 bridgehead atoms. The van der Waals surface area contributed by atoms with Crippen molar-refractivity contribution < 1.29 is 9.53 Å². The number of nitrogens with one attached hydrogen (secondary N) is 1. The Morgan fingerprint density at radius 1 is 1.25 bits per heavy atom. The first kappa shape index (κ1) is 15.8. The van der Waals surface area contributed by atoms with Crippen LogP contribution in [0.3, 0.4) is 0 Å². The zero-order valence-electron chi connectivity index (χ0n) is 14.0. The van der Waals surface area contributed by atoms with E-state index in [0.717, 1.165) is 11.1 Å². The largest absolute Gasteiger partial charge is 0.493 e. The van der Waals surface area contributed by atoms with Crippen molar-refractivity contribution in [3.05, 3.63) is 52.2 Å². The Labute approximate surface area is 138 Å². The van der Waals surface area contributed by atoms with Gasteiger partial charge in [0.15, 0.2) is 11.6 Å². The number of anilines is 1. The number of aromatic nitrogens is 3. The van der Waals surface area contributed by atoms with Crippen molar-refractivity contribution in [3.63, 3.8) is 0 Å². The van der Waals surface area contributed by atoms with Crippen molar-refractivity contribution in [1.29, 1.82) is 0 Å². The third-order valence-corrected chi connectivity index (χ3v) is 3.94. The third-order valence-electron chi connectivity index (χ3n) is 3.94. The normalized spacial score (nSPS) is 10.8. The lowest BCUT2D eigenvalue weighted by Crippen LogP contribution is -2.20. The van der Waals surface area contributed by atoms with E-state index >= 15 is 0 Å². The molecular formula is C17H18N4O3. The maximum Gasteiger partial charge on any atom is 0.260 e. The van der Waals surface area contributed by atoms with Crippen LogP contribution in [0.4, 0.5) is 5.82 Å². The minimum absolute atomic E-state index is 0.214. The van der Waals surface area contributed by atoms with E-state index in [1.165, 1.54) is 11.7 Å². The fraction of sp³-hybridized carbons (Fsp3) is 0.235. The van der Waals surface area contributed by atoms with Crippen molar-refractivity contribution in [2.45, 2.75) is 6.92 Å². The summed E-state index contributed by atoms with van der Waals surface area (Å²) >= 11 is 0. The average molecular weight is 326 g/mol. The Morgan fingerprint density at radius 3 is 2.71 bits per heavy atom. The molecule has 3 heterocycles. The van der Waals surface area contributed by atoms with Crippen molar-refractivity contribution in [2.75, 3.05) is 12.4 Å². The van der Waals surface area contributed by atoms with Gasteiger partial charge in [0, 0.05) is 32.7 Å². The first-order valence-electron chi connectivity index (χ1n) is 7.39. The molecule has 7 heteroatoms. The second kappa shape index (κ2) is 5.84. The summed E-state index contributed by atoms with van der Waals surface area (Å²) < 4.78 is 8.46. The number of nitrogens with zero attached hydrogens (tertiary/aromatic N) is 3. The molecule has 0 saturated carbocycles. The molecule has 3 aromatic heterocycles. The summed E-state index contributed by atoms with van der Waals surface area (Å²) in [6, 6.07) is 3.42. The number of ether oxygens (including phenoxy) is 1. The lowest BCUT2D eigenvalue weighted by atomic mass is 10.1. The number of hydrogen-bond donors (Lipinski definition) is 1. The molecule has 0 fully saturated rings. The smallest absolute Gasteiger partial charge is 0.260 e. The first-order chi connectivity index (χ1) is 11.4. The molecule has 0 radical (unpaired) electrons. The third kappa shape index (κ3) is 2.44. The van der Waals surface area contributed by atoms with Gasteiger partial charge in [0.05, 0.1) is 23.6 Å². The molecular weight excluding hydrogens is 308 g/mol. The standard InChI is InChI=1S/C17H18N4O3/c1-10-8-21(3)17(23)13-11(9-20(2)14(10)13)16(22)19-15-12(24-4)6-5-7-18-15/h5-9H,1-4H3,(H,18,19,22). The monoisotopic (exact) mass is 326 g/mol. The predicted molar refractivity (Wildman–Crippen MR) is 91.6 cm³/mol. The Kier molecular flexibility index (Phi) is 3.84. The highest BCUT2D eigenvalue weighted by Crippen LogP contribution is 2.24. The van der Waals surface area contributed by atoms with Crippen LogP contribution >= 0.6 is 0 Å². The molecule has 0 spiro atoms. The van der Waals surface area contributed by atoms with Crippen LogP contribution in [0.2, 0.25) is 0 Å². The van der Waals surface area contributed by atoms with Gasteiger partial charge in [0.25, 0.3) is 11.5 Å². The van der Waals surface area contributed by atoms with Crippen LogP contribution in [0, 0.1) is 6.92 Å². The summed E-state index contributed by atoms with van der Waals surface area (Å²) in [7, 11) is 4.99. The van der Waals surface area contributed by atoms with E-state index in [0.29, 0.717) is 22.5 Å². The van der Waals surface area contributed by atoms with Gasteiger partial charge >= 0.3 is 0 Å². The summed E-state index contributed by atoms with van der Waals surface area (Å²) in [5.41, 5.74) is 1.76. The van der Waals surface area contributed by atoms with Gasteiger partial charge in [-0.05, 0) is 24.6 Å². The maximum atomic E-state index is 12.7. The van der Waals surface area contributed by atoms with Gasteiger partial charge in [-0.15, -0.1) is 0 Å². The van der Waals surface area contributed by atoms with E-state index in [-0.39, 0.29) is 5.56 Å². The number of pyridine rings is 2. The molecule has 0 aliphatic rings. The molecule has 1 amide bonds. The number of hydrogen-bond acceptors (Lipinski definition) is 4. The zero-order valence-corrected chi connectivity index (χ0v) is 14.0. The molecule has 0 saturated heterocycles. The molecule has 1 N–H and O–H groups in total. The van der Waals surface area contributed by atoms with E-state index in [1.807, 2.05) is 14.0 Å². The van der Waals surface area contributed by atoms with Crippen molar-refractivity contribution >= 4 is 22.6 Å². The van der Waals surface area contributed by atoms with Gasteiger partial charge in [-0.2, -0.15) is 0 Å². The summed E-state index contributed by atoms with van der Waals surface area (Å²) in [5.74, 6) is 0.363. The van der Waals surface area contributed by atoms with Crippen molar-refractivity contribution in [1.82, 2.24) is 14.1 Å². The molecule has 7 nitrogen and oxygen atoms in total. The number of rotatable bonds is 3. The van der Waals surface area contributed by atoms with Crippen LogP contribution < -0.4 is 15.6 Å². The summed E-state index contributed by atoms with van der Waals surface area (Å²) in [5, 5.41) is 3.11. The van der Waals surface area contributed by atoms with Crippen LogP contribution in [0.15, 0.2) is 35.5 Å². The van der Waals surface area contributed by atoms with E-state index in [1.54, 1.807) is 42.3 Å².